The highest BCUT2D eigenvalue weighted by Gasteiger charge is 2.34. The zero-order valence-electron chi connectivity index (χ0n) is 45.8. The number of carbonyl (C=O) groups excluding carboxylic acids is 3. The van der Waals surface area contributed by atoms with Gasteiger partial charge in [-0.05, 0) is 107 Å². The Balaban J connectivity index is 0.000000250. The molecule has 4 aromatic heterocycles. The summed E-state index contributed by atoms with van der Waals surface area (Å²) in [6, 6.07) is 12.2. The lowest BCUT2D eigenvalue weighted by atomic mass is 10.0. The number of aromatic nitrogens is 7. The molecule has 0 spiro atoms. The van der Waals surface area contributed by atoms with Gasteiger partial charge < -0.3 is 25.1 Å². The lowest BCUT2D eigenvalue weighted by Crippen LogP contribution is -2.25. The van der Waals surface area contributed by atoms with Crippen molar-refractivity contribution < 1.29 is 73.3 Å². The number of alkyl halides is 6. The Morgan fingerprint density at radius 2 is 1.61 bits per heavy atom. The molecular weight excluding hydrogens is 1260 g/mol. The molecule has 0 bridgehead atoms. The molecule has 3 aromatic carbocycles. The average molecular weight is 1320 g/mol. The van der Waals surface area contributed by atoms with Gasteiger partial charge in [0.2, 0.25) is 5.78 Å². The third-order valence-electron chi connectivity index (χ3n) is 11.6. The zero-order valence-corrected chi connectivity index (χ0v) is 50.4. The first-order valence-corrected chi connectivity index (χ1v) is 28.7. The maximum Gasteiger partial charge on any atom is 0.416 e. The summed E-state index contributed by atoms with van der Waals surface area (Å²) in [6.45, 7) is 5.16. The summed E-state index contributed by atoms with van der Waals surface area (Å²) in [6.07, 6.45) is 1.65. The Morgan fingerprint density at radius 1 is 0.941 bits per heavy atom. The van der Waals surface area contributed by atoms with E-state index in [-0.39, 0.29) is 91.2 Å². The predicted molar refractivity (Wildman–Crippen MR) is 305 cm³/mol. The standard InChI is InChI=1S/C18H22ClNO3.C15H14Cl2F3N3O3.C14H13F3N2O4S.C6H4Cl2N2O2/c1-3-4-5-7-13(2)23-17(21)12-22-16-10-9-15(19)14-8-6-11-20-18(14)16;1-3-26-13(24)10(17)4-8-5-12(11(18)6-9(8)16)23-15(25)22(14(19)20)7(2)21-23;1-7-11(13(21)19(2)18-7)12(20)9-5-4-8(14(15,16)17)6-10(9)24(3,22)23;7-3-1-2(9)4(8)5(10-3)6(11)12/h6,8-11,13H,3-5,7,12H2,1-2H3;5-6,10,14H,3-4H2,1-2H3;4-6,18H,1-3H3;1H,(H2,9,10)(H,11,12). The van der Waals surface area contributed by atoms with Gasteiger partial charge in [-0.1, -0.05) is 66.2 Å². The van der Waals surface area contributed by atoms with Crippen molar-refractivity contribution >= 4 is 108 Å². The number of ketones is 1. The van der Waals surface area contributed by atoms with Crippen molar-refractivity contribution in [1.82, 2.24) is 34.1 Å². The van der Waals surface area contributed by atoms with E-state index in [0.717, 1.165) is 54.0 Å². The van der Waals surface area contributed by atoms with Crippen LogP contribution in [0.3, 0.4) is 0 Å². The molecular formula is C53H53Cl5F6N8O12S. The first-order chi connectivity index (χ1) is 39.6. The molecule has 85 heavy (non-hydrogen) atoms. The van der Waals surface area contributed by atoms with Crippen LogP contribution in [0.4, 0.5) is 32.0 Å². The number of nitrogen functional groups attached to an aromatic ring is 1. The van der Waals surface area contributed by atoms with Crippen LogP contribution in [0, 0.1) is 19.7 Å². The number of hydrogen-bond acceptors (Lipinski definition) is 15. The lowest BCUT2D eigenvalue weighted by molar-refractivity contribution is -0.151. The number of aryl methyl sites for hydroxylation is 3. The predicted octanol–water partition coefficient (Wildman–Crippen LogP) is 11.4. The fourth-order valence-electron chi connectivity index (χ4n) is 7.57. The Morgan fingerprint density at radius 3 is 2.18 bits per heavy atom. The van der Waals surface area contributed by atoms with Gasteiger partial charge in [-0.15, -0.1) is 16.7 Å². The summed E-state index contributed by atoms with van der Waals surface area (Å²) in [5.41, 5.74) is 1.88. The second kappa shape index (κ2) is 30.8. The number of pyridine rings is 2. The third-order valence-corrected chi connectivity index (χ3v) is 14.3. The molecule has 7 rings (SSSR count). The number of nitrogens with zero attached hydrogens (tertiary/aromatic N) is 6. The summed E-state index contributed by atoms with van der Waals surface area (Å²) in [5.74, 6) is -3.97. The van der Waals surface area contributed by atoms with Crippen molar-refractivity contribution in [2.24, 2.45) is 7.05 Å². The number of H-pyrrole nitrogens is 1. The molecule has 0 saturated heterocycles. The number of ether oxygens (including phenoxy) is 3. The Bertz CT molecular complexity index is 3820. The number of halogens is 11. The molecule has 20 nitrogen and oxygen atoms in total. The van der Waals surface area contributed by atoms with Crippen molar-refractivity contribution in [1.29, 1.82) is 0 Å². The van der Waals surface area contributed by atoms with E-state index in [1.165, 1.54) is 27.0 Å². The number of rotatable bonds is 18. The van der Waals surface area contributed by atoms with E-state index in [4.69, 9.17) is 83.1 Å². The lowest BCUT2D eigenvalue weighted by Gasteiger charge is -2.14. The van der Waals surface area contributed by atoms with Crippen LogP contribution in [0.25, 0.3) is 16.6 Å². The number of sulfone groups is 1. The number of nitrogens with two attached hydrogens (primary N) is 1. The van der Waals surface area contributed by atoms with Crippen LogP contribution >= 0.6 is 58.0 Å². The first kappa shape index (κ1) is 70.3. The minimum atomic E-state index is -4.76. The second-order valence-corrected chi connectivity index (χ2v) is 22.1. The van der Waals surface area contributed by atoms with E-state index < -0.39 is 78.8 Å². The summed E-state index contributed by atoms with van der Waals surface area (Å²) in [4.78, 5) is 77.6. The number of aromatic amines is 1. The topological polar surface area (TPSA) is 280 Å². The van der Waals surface area contributed by atoms with Gasteiger partial charge in [0.25, 0.3) is 5.56 Å². The van der Waals surface area contributed by atoms with Crippen LogP contribution in [0.1, 0.15) is 102 Å². The number of anilines is 1. The zero-order chi connectivity index (χ0) is 64.0. The molecule has 0 aliphatic carbocycles. The summed E-state index contributed by atoms with van der Waals surface area (Å²) in [7, 11) is -2.77. The molecule has 0 amide bonds. The number of carboxylic acids is 1. The van der Waals surface area contributed by atoms with Gasteiger partial charge in [0.1, 0.15) is 38.9 Å². The Labute approximate surface area is 505 Å². The number of benzene rings is 3. The number of carbonyl (C=O) groups is 4. The van der Waals surface area contributed by atoms with Gasteiger partial charge >= 0.3 is 36.3 Å². The van der Waals surface area contributed by atoms with E-state index in [2.05, 4.69) is 27.1 Å². The number of esters is 2. The number of unbranched alkanes of at least 4 members (excludes halogenated alkanes) is 2. The fraction of sp³-hybridized carbons (Fsp3) is 0.340. The summed E-state index contributed by atoms with van der Waals surface area (Å²) in [5, 5.41) is 15.0. The molecule has 7 aromatic rings. The molecule has 2 unspecified atom stereocenters. The largest absolute Gasteiger partial charge is 0.480 e. The van der Waals surface area contributed by atoms with Crippen LogP contribution in [-0.4, -0.2) is 102 Å². The van der Waals surface area contributed by atoms with Crippen LogP contribution in [0.2, 0.25) is 20.2 Å². The maximum atomic E-state index is 14.2. The van der Waals surface area contributed by atoms with E-state index >= 15 is 0 Å². The van der Waals surface area contributed by atoms with Gasteiger partial charge in [0.15, 0.2) is 28.0 Å². The summed E-state index contributed by atoms with van der Waals surface area (Å²) < 4.78 is 120. The van der Waals surface area contributed by atoms with Crippen molar-refractivity contribution in [2.75, 3.05) is 25.2 Å². The van der Waals surface area contributed by atoms with E-state index in [1.54, 1.807) is 25.3 Å². The quantitative estimate of drug-likeness (QED) is 0.0180. The highest BCUT2D eigenvalue weighted by atomic mass is 35.5. The average Bonchev–Trinajstić information content (AvgIpc) is 2.60. The number of nitrogens with one attached hydrogen (secondary N) is 1. The van der Waals surface area contributed by atoms with Crippen molar-refractivity contribution in [2.45, 2.75) is 95.8 Å². The highest BCUT2D eigenvalue weighted by molar-refractivity contribution is 7.90. The van der Waals surface area contributed by atoms with Crippen molar-refractivity contribution in [3.05, 3.63) is 153 Å². The molecule has 0 aliphatic heterocycles. The van der Waals surface area contributed by atoms with Gasteiger partial charge in [-0.2, -0.15) is 26.6 Å². The molecule has 4 N–H and O–H groups in total. The Hall–Kier alpha value is -7.17. The third kappa shape index (κ3) is 18.9. The molecule has 460 valence electrons. The van der Waals surface area contributed by atoms with Gasteiger partial charge in [0.05, 0.1) is 38.9 Å². The molecule has 2 atom stereocenters. The number of hydrogen-bond donors (Lipinski definition) is 3. The van der Waals surface area contributed by atoms with Crippen molar-refractivity contribution in [3.63, 3.8) is 0 Å². The van der Waals surface area contributed by atoms with Crippen LogP contribution in [-0.2, 0) is 48.5 Å². The smallest absolute Gasteiger partial charge is 0.416 e. The monoisotopic (exact) mass is 1310 g/mol. The molecule has 0 saturated carbocycles. The Kier molecular flexibility index (Phi) is 25.5. The SMILES string of the molecule is CCCCCC(C)OC(=O)COc1ccc(Cl)c2cccnc12.CCOC(=O)C(Cl)Cc1cc(-n2nc(C)n(C(F)F)c2=O)c(F)cc1Cl.Cc1[nH]n(C)c(=O)c1C(=O)c1ccc(C(F)(F)F)cc1S(C)(=O)=O.Nc1cc(Cl)nc(C(=O)O)c1Cl. The van der Waals surface area contributed by atoms with Gasteiger partial charge in [-0.3, -0.25) is 29.1 Å². The fourth-order valence-corrected chi connectivity index (χ4v) is 9.52. The molecule has 0 radical (unpaired) electrons. The van der Waals surface area contributed by atoms with Crippen LogP contribution in [0.5, 0.6) is 5.75 Å². The van der Waals surface area contributed by atoms with Gasteiger partial charge in [-0.25, -0.2) is 36.7 Å². The first-order valence-electron chi connectivity index (χ1n) is 24.8. The van der Waals surface area contributed by atoms with Crippen LogP contribution < -0.4 is 21.7 Å². The molecule has 4 heterocycles. The van der Waals surface area contributed by atoms with Crippen LogP contribution in [0.15, 0.2) is 81.3 Å². The number of aromatic carboxylic acids is 1. The van der Waals surface area contributed by atoms with E-state index in [1.807, 2.05) is 19.1 Å². The summed E-state index contributed by atoms with van der Waals surface area (Å²) >= 11 is 29.0. The van der Waals surface area contributed by atoms with Crippen molar-refractivity contribution in [3.8, 4) is 11.4 Å². The molecule has 0 fully saturated rings. The highest BCUT2D eigenvalue weighted by Crippen LogP contribution is 2.34. The maximum absolute atomic E-state index is 14.2. The second-order valence-electron chi connectivity index (χ2n) is 18.0. The molecule has 32 heteroatoms. The van der Waals surface area contributed by atoms with Gasteiger partial charge in [0, 0.05) is 47.6 Å². The van der Waals surface area contributed by atoms with E-state index in [9.17, 15) is 63.5 Å². The molecule has 0 aliphatic rings. The number of fused-ring (bicyclic) bond motifs is 1. The number of carboxylic acid groups (broad SMARTS) is 1. The van der Waals surface area contributed by atoms with E-state index in [0.29, 0.717) is 39.4 Å². The minimum Gasteiger partial charge on any atom is -0.480 e. The normalized spacial score (nSPS) is 12.0. The minimum absolute atomic E-state index is 0.00861.